The van der Waals surface area contributed by atoms with E-state index in [2.05, 4.69) is 5.32 Å². The van der Waals surface area contributed by atoms with Crippen LogP contribution in [0, 0.1) is 0 Å². The molecule has 0 saturated carbocycles. The van der Waals surface area contributed by atoms with Gasteiger partial charge >= 0.3 is 6.03 Å². The quantitative estimate of drug-likeness (QED) is 0.753. The zero-order valence-corrected chi connectivity index (χ0v) is 11.0. The van der Waals surface area contributed by atoms with Crippen LogP contribution in [-0.4, -0.2) is 41.8 Å². The molecule has 1 aromatic carbocycles. The molecule has 19 heavy (non-hydrogen) atoms. The summed E-state index contributed by atoms with van der Waals surface area (Å²) >= 11 is 0. The molecule has 0 aliphatic carbocycles. The number of primary amides is 1. The van der Waals surface area contributed by atoms with Crippen LogP contribution in [0.15, 0.2) is 30.3 Å². The summed E-state index contributed by atoms with van der Waals surface area (Å²) in [7, 11) is 0. The minimum Gasteiger partial charge on any atom is -0.394 e. The van der Waals surface area contributed by atoms with Gasteiger partial charge in [0.1, 0.15) is 0 Å². The Balaban J connectivity index is 1.89. The van der Waals surface area contributed by atoms with Gasteiger partial charge in [-0.15, -0.1) is 0 Å². The van der Waals surface area contributed by atoms with Gasteiger partial charge in [-0.3, -0.25) is 0 Å². The van der Waals surface area contributed by atoms with E-state index in [1.165, 1.54) is 0 Å². The van der Waals surface area contributed by atoms with Crippen LogP contribution in [0.3, 0.4) is 0 Å². The van der Waals surface area contributed by atoms with E-state index in [0.29, 0.717) is 19.1 Å². The van der Waals surface area contributed by atoms with Crippen LogP contribution < -0.4 is 11.1 Å². The molecule has 1 atom stereocenters. The summed E-state index contributed by atoms with van der Waals surface area (Å²) < 4.78 is 0. The van der Waals surface area contributed by atoms with E-state index in [-0.39, 0.29) is 18.7 Å². The predicted molar refractivity (Wildman–Crippen MR) is 73.6 cm³/mol. The van der Waals surface area contributed by atoms with Gasteiger partial charge in [0.25, 0.3) is 0 Å². The minimum atomic E-state index is -0.347. The van der Waals surface area contributed by atoms with E-state index >= 15 is 0 Å². The van der Waals surface area contributed by atoms with Crippen LogP contribution >= 0.6 is 0 Å². The lowest BCUT2D eigenvalue weighted by Gasteiger charge is -2.33. The number of nitrogens with one attached hydrogen (secondary N) is 1. The fourth-order valence-corrected chi connectivity index (χ4v) is 2.49. The highest BCUT2D eigenvalue weighted by Gasteiger charge is 2.23. The molecule has 0 aromatic heterocycles. The standard InChI is InChI=1S/C14H21N3O2/c15-14(19)17-8-6-12(7-9-17)16-13(10-18)11-4-2-1-3-5-11/h1-5,12-13,16,18H,6-10H2,(H2,15,19)/t13-/m1/s1. The van der Waals surface area contributed by atoms with Crippen molar-refractivity contribution in [3.05, 3.63) is 35.9 Å². The average molecular weight is 263 g/mol. The Bertz CT molecular complexity index is 402. The molecule has 4 N–H and O–H groups in total. The number of amides is 2. The minimum absolute atomic E-state index is 0.0497. The largest absolute Gasteiger partial charge is 0.394 e. The summed E-state index contributed by atoms with van der Waals surface area (Å²) in [5, 5.41) is 13.0. The molecule has 5 nitrogen and oxygen atoms in total. The number of piperidine rings is 1. The Labute approximate surface area is 113 Å². The number of benzene rings is 1. The van der Waals surface area contributed by atoms with Gasteiger partial charge in [-0.2, -0.15) is 0 Å². The smallest absolute Gasteiger partial charge is 0.314 e. The Morgan fingerprint density at radius 2 is 2.00 bits per heavy atom. The van der Waals surface area contributed by atoms with Gasteiger partial charge in [0.05, 0.1) is 12.6 Å². The molecule has 0 radical (unpaired) electrons. The van der Waals surface area contributed by atoms with Gasteiger partial charge < -0.3 is 21.1 Å². The van der Waals surface area contributed by atoms with Gasteiger partial charge in [0, 0.05) is 19.1 Å². The first-order valence-electron chi connectivity index (χ1n) is 6.67. The topological polar surface area (TPSA) is 78.6 Å². The lowest BCUT2D eigenvalue weighted by atomic mass is 10.0. The van der Waals surface area contributed by atoms with Gasteiger partial charge in [-0.25, -0.2) is 4.79 Å². The highest BCUT2D eigenvalue weighted by Crippen LogP contribution is 2.17. The van der Waals surface area contributed by atoms with Crippen LogP contribution in [-0.2, 0) is 0 Å². The van der Waals surface area contributed by atoms with E-state index in [9.17, 15) is 9.90 Å². The summed E-state index contributed by atoms with van der Waals surface area (Å²) in [4.78, 5) is 12.7. The Morgan fingerprint density at radius 1 is 1.37 bits per heavy atom. The summed E-state index contributed by atoms with van der Waals surface area (Å²) in [6.45, 7) is 1.43. The van der Waals surface area contributed by atoms with Crippen molar-refractivity contribution in [1.82, 2.24) is 10.2 Å². The van der Waals surface area contributed by atoms with Crippen LogP contribution in [0.5, 0.6) is 0 Å². The number of hydrogen-bond acceptors (Lipinski definition) is 3. The normalized spacial score (nSPS) is 18.3. The van der Waals surface area contributed by atoms with Gasteiger partial charge in [0.2, 0.25) is 0 Å². The molecule has 2 rings (SSSR count). The van der Waals surface area contributed by atoms with Crippen molar-refractivity contribution < 1.29 is 9.90 Å². The Kier molecular flexibility index (Phi) is 4.76. The Morgan fingerprint density at radius 3 is 2.53 bits per heavy atom. The second kappa shape index (κ2) is 6.54. The second-order valence-electron chi connectivity index (χ2n) is 4.91. The number of aliphatic hydroxyl groups excluding tert-OH is 1. The number of nitrogens with two attached hydrogens (primary N) is 1. The van der Waals surface area contributed by atoms with Crippen LogP contribution in [0.2, 0.25) is 0 Å². The maximum atomic E-state index is 11.0. The number of likely N-dealkylation sites (tertiary alicyclic amines) is 1. The van der Waals surface area contributed by atoms with E-state index in [1.807, 2.05) is 30.3 Å². The van der Waals surface area contributed by atoms with E-state index in [1.54, 1.807) is 4.90 Å². The number of carbonyl (C=O) groups excluding carboxylic acids is 1. The molecule has 104 valence electrons. The molecule has 1 heterocycles. The molecule has 0 spiro atoms. The van der Waals surface area contributed by atoms with Crippen molar-refractivity contribution in [2.75, 3.05) is 19.7 Å². The molecule has 1 aromatic rings. The number of carbonyl (C=O) groups is 1. The van der Waals surface area contributed by atoms with Crippen molar-refractivity contribution in [1.29, 1.82) is 0 Å². The van der Waals surface area contributed by atoms with Gasteiger partial charge in [0.15, 0.2) is 0 Å². The Hall–Kier alpha value is -1.59. The lowest BCUT2D eigenvalue weighted by molar-refractivity contribution is 0.172. The van der Waals surface area contributed by atoms with Crippen molar-refractivity contribution in [2.45, 2.75) is 24.9 Å². The molecule has 1 saturated heterocycles. The summed E-state index contributed by atoms with van der Waals surface area (Å²) in [6.07, 6.45) is 1.73. The number of rotatable bonds is 4. The average Bonchev–Trinajstić information content (AvgIpc) is 2.46. The second-order valence-corrected chi connectivity index (χ2v) is 4.91. The fourth-order valence-electron chi connectivity index (χ4n) is 2.49. The van der Waals surface area contributed by atoms with Crippen molar-refractivity contribution in [3.8, 4) is 0 Å². The van der Waals surface area contributed by atoms with E-state index < -0.39 is 0 Å². The third-order valence-electron chi connectivity index (χ3n) is 3.63. The van der Waals surface area contributed by atoms with Crippen LogP contribution in [0.4, 0.5) is 4.79 Å². The lowest BCUT2D eigenvalue weighted by Crippen LogP contribution is -2.47. The van der Waals surface area contributed by atoms with Crippen LogP contribution in [0.1, 0.15) is 24.4 Å². The number of urea groups is 1. The maximum Gasteiger partial charge on any atom is 0.314 e. The first-order chi connectivity index (χ1) is 9.20. The molecular weight excluding hydrogens is 242 g/mol. The molecule has 0 unspecified atom stereocenters. The summed E-state index contributed by atoms with van der Waals surface area (Å²) in [5.74, 6) is 0. The summed E-state index contributed by atoms with van der Waals surface area (Å²) in [5.41, 5.74) is 6.34. The van der Waals surface area contributed by atoms with E-state index in [0.717, 1.165) is 18.4 Å². The maximum absolute atomic E-state index is 11.0. The van der Waals surface area contributed by atoms with Crippen molar-refractivity contribution >= 4 is 6.03 Å². The third-order valence-corrected chi connectivity index (χ3v) is 3.63. The molecule has 1 aliphatic heterocycles. The molecule has 1 fully saturated rings. The molecular formula is C14H21N3O2. The monoisotopic (exact) mass is 263 g/mol. The molecule has 1 aliphatic rings. The number of aliphatic hydroxyl groups is 1. The van der Waals surface area contributed by atoms with Gasteiger partial charge in [-0.1, -0.05) is 30.3 Å². The van der Waals surface area contributed by atoms with Crippen molar-refractivity contribution in [2.24, 2.45) is 5.73 Å². The predicted octanol–water partition coefficient (Wildman–Crippen LogP) is 0.853. The number of nitrogens with zero attached hydrogens (tertiary/aromatic N) is 1. The first kappa shape index (κ1) is 13.8. The SMILES string of the molecule is NC(=O)N1CCC(N[C@H](CO)c2ccccc2)CC1. The van der Waals surface area contributed by atoms with Gasteiger partial charge in [-0.05, 0) is 18.4 Å². The highest BCUT2D eigenvalue weighted by atomic mass is 16.3. The number of hydrogen-bond donors (Lipinski definition) is 3. The molecule has 2 amide bonds. The first-order valence-corrected chi connectivity index (χ1v) is 6.67. The molecule has 5 heteroatoms. The zero-order valence-electron chi connectivity index (χ0n) is 11.0. The highest BCUT2D eigenvalue weighted by molar-refractivity contribution is 5.72. The zero-order chi connectivity index (χ0) is 13.7. The fraction of sp³-hybridized carbons (Fsp3) is 0.500. The third kappa shape index (κ3) is 3.68. The van der Waals surface area contributed by atoms with E-state index in [4.69, 9.17) is 5.73 Å². The summed E-state index contributed by atoms with van der Waals surface area (Å²) in [6, 6.07) is 9.83. The van der Waals surface area contributed by atoms with Crippen molar-refractivity contribution in [3.63, 3.8) is 0 Å². The molecule has 0 bridgehead atoms. The van der Waals surface area contributed by atoms with Crippen LogP contribution in [0.25, 0.3) is 0 Å².